The van der Waals surface area contributed by atoms with Crippen LogP contribution >= 0.6 is 23.4 Å². The summed E-state index contributed by atoms with van der Waals surface area (Å²) in [5.41, 5.74) is 6.80. The Balaban J connectivity index is 1.57. The number of nitrogens with one attached hydrogen (secondary N) is 1. The minimum absolute atomic E-state index is 0.0527. The van der Waals surface area contributed by atoms with E-state index in [4.69, 9.17) is 22.1 Å². The van der Waals surface area contributed by atoms with Crippen LogP contribution in [0.2, 0.25) is 5.02 Å². The molecule has 3 aliphatic rings. The van der Waals surface area contributed by atoms with Crippen molar-refractivity contribution in [3.8, 4) is 0 Å². The summed E-state index contributed by atoms with van der Waals surface area (Å²) >= 11 is 7.18. The Morgan fingerprint density at radius 3 is 2.71 bits per heavy atom. The minimum Gasteiger partial charge on any atom is -0.381 e. The molecule has 0 radical (unpaired) electrons. The zero-order valence-corrected chi connectivity index (χ0v) is 18.6. The van der Waals surface area contributed by atoms with Gasteiger partial charge in [-0.25, -0.2) is 4.39 Å². The maximum atomic E-state index is 15.3. The van der Waals surface area contributed by atoms with Crippen molar-refractivity contribution in [2.24, 2.45) is 11.7 Å². The molecule has 1 unspecified atom stereocenters. The molecule has 6 nitrogen and oxygen atoms in total. The molecule has 1 aromatic carbocycles. The summed E-state index contributed by atoms with van der Waals surface area (Å²) in [5.74, 6) is -0.731. The van der Waals surface area contributed by atoms with Crippen LogP contribution in [0.3, 0.4) is 0 Å². The molecule has 2 fully saturated rings. The van der Waals surface area contributed by atoms with Crippen molar-refractivity contribution in [3.63, 3.8) is 0 Å². The van der Waals surface area contributed by atoms with Gasteiger partial charge in [0, 0.05) is 43.3 Å². The second kappa shape index (κ2) is 9.73. The molecular weight excluding hydrogens is 441 g/mol. The second-order valence-electron chi connectivity index (χ2n) is 8.01. The maximum Gasteiger partial charge on any atom is 0.255 e. The van der Waals surface area contributed by atoms with Gasteiger partial charge in [0.1, 0.15) is 11.9 Å². The van der Waals surface area contributed by atoms with Crippen LogP contribution in [0.4, 0.5) is 4.39 Å². The summed E-state index contributed by atoms with van der Waals surface area (Å²) in [6.45, 7) is 2.16. The quantitative estimate of drug-likeness (QED) is 0.695. The van der Waals surface area contributed by atoms with Gasteiger partial charge in [0.2, 0.25) is 0 Å². The fourth-order valence-corrected chi connectivity index (χ4v) is 5.27. The van der Waals surface area contributed by atoms with E-state index >= 15 is 4.39 Å². The number of hydrogen-bond donors (Lipinski definition) is 2. The number of fused-ring (bicyclic) bond motifs is 1. The molecule has 3 aliphatic heterocycles. The van der Waals surface area contributed by atoms with Crippen molar-refractivity contribution in [1.29, 1.82) is 0 Å². The number of nitrogens with zero attached hydrogens (tertiary/aromatic N) is 1. The molecule has 2 atom stereocenters. The monoisotopic (exact) mass is 465 g/mol. The van der Waals surface area contributed by atoms with E-state index in [1.165, 1.54) is 18.0 Å². The average molecular weight is 466 g/mol. The van der Waals surface area contributed by atoms with E-state index in [1.807, 2.05) is 12.1 Å². The van der Waals surface area contributed by atoms with Gasteiger partial charge < -0.3 is 20.7 Å². The largest absolute Gasteiger partial charge is 0.381 e. The van der Waals surface area contributed by atoms with E-state index in [0.717, 1.165) is 18.4 Å². The number of benzene rings is 1. The van der Waals surface area contributed by atoms with E-state index in [0.29, 0.717) is 43.0 Å². The normalized spacial score (nSPS) is 24.7. The van der Waals surface area contributed by atoms with Gasteiger partial charge >= 0.3 is 0 Å². The lowest BCUT2D eigenvalue weighted by Gasteiger charge is -2.39. The third kappa shape index (κ3) is 4.98. The number of thioether (sulfide) groups is 1. The number of hydrogen-bond acceptors (Lipinski definition) is 6. The van der Waals surface area contributed by atoms with Gasteiger partial charge in [-0.1, -0.05) is 23.7 Å². The predicted octanol–water partition coefficient (Wildman–Crippen LogP) is 2.78. The van der Waals surface area contributed by atoms with Crippen molar-refractivity contribution < 1.29 is 18.7 Å². The molecule has 3 N–H and O–H groups in total. The number of ether oxygens (including phenoxy) is 1. The van der Waals surface area contributed by atoms with E-state index < -0.39 is 23.8 Å². The van der Waals surface area contributed by atoms with Crippen molar-refractivity contribution in [1.82, 2.24) is 10.2 Å². The first-order valence-corrected chi connectivity index (χ1v) is 11.7. The van der Waals surface area contributed by atoms with Crippen LogP contribution in [0.25, 0.3) is 0 Å². The first-order chi connectivity index (χ1) is 14.9. The smallest absolute Gasteiger partial charge is 0.255 e. The van der Waals surface area contributed by atoms with Crippen molar-refractivity contribution in [2.45, 2.75) is 31.5 Å². The Bertz CT molecular complexity index is 915. The molecule has 0 saturated carbocycles. The molecule has 0 bridgehead atoms. The zero-order valence-electron chi connectivity index (χ0n) is 17.0. The Labute approximate surface area is 190 Å². The summed E-state index contributed by atoms with van der Waals surface area (Å²) in [7, 11) is 0. The number of carbonyl (C=O) groups excluding carboxylic acids is 2. The Morgan fingerprint density at radius 1 is 1.29 bits per heavy atom. The highest BCUT2D eigenvalue weighted by Gasteiger charge is 2.42. The topological polar surface area (TPSA) is 84.7 Å². The summed E-state index contributed by atoms with van der Waals surface area (Å²) < 4.78 is 20.7. The van der Waals surface area contributed by atoms with Crippen LogP contribution in [0, 0.1) is 5.92 Å². The van der Waals surface area contributed by atoms with Gasteiger partial charge in [-0.3, -0.25) is 9.59 Å². The van der Waals surface area contributed by atoms with Gasteiger partial charge in [-0.2, -0.15) is 0 Å². The molecule has 166 valence electrons. The molecule has 1 aromatic rings. The van der Waals surface area contributed by atoms with Gasteiger partial charge in [0.05, 0.1) is 16.5 Å². The van der Waals surface area contributed by atoms with Crippen LogP contribution in [0.15, 0.2) is 46.8 Å². The third-order valence-electron chi connectivity index (χ3n) is 5.80. The molecule has 0 aromatic heterocycles. The fraction of sp³-hybridized carbons (Fsp3) is 0.455. The third-order valence-corrected chi connectivity index (χ3v) is 7.29. The van der Waals surface area contributed by atoms with Crippen molar-refractivity contribution in [3.05, 3.63) is 57.4 Å². The van der Waals surface area contributed by atoms with E-state index in [-0.39, 0.29) is 16.3 Å². The van der Waals surface area contributed by atoms with Gasteiger partial charge in [0.25, 0.3) is 5.91 Å². The first-order valence-electron chi connectivity index (χ1n) is 10.3. The Morgan fingerprint density at radius 2 is 2.00 bits per heavy atom. The van der Waals surface area contributed by atoms with Crippen LogP contribution < -0.4 is 11.1 Å². The molecule has 31 heavy (non-hydrogen) atoms. The molecule has 2 saturated heterocycles. The highest BCUT2D eigenvalue weighted by molar-refractivity contribution is 8.03. The van der Waals surface area contributed by atoms with Gasteiger partial charge in [0.15, 0.2) is 5.78 Å². The molecular formula is C22H25ClFN3O3S. The maximum absolute atomic E-state index is 15.3. The molecule has 4 rings (SSSR count). The second-order valence-corrected chi connectivity index (χ2v) is 9.51. The minimum atomic E-state index is -0.823. The summed E-state index contributed by atoms with van der Waals surface area (Å²) in [6.07, 6.45) is 3.19. The molecule has 3 heterocycles. The van der Waals surface area contributed by atoms with E-state index in [1.54, 1.807) is 17.0 Å². The van der Waals surface area contributed by atoms with E-state index in [9.17, 15) is 9.59 Å². The SMILES string of the molecule is N[C@H]1CSC2=C(F)C(C(=O)NCC3CCOCC3)=CN(Cc3ccc(Cl)cc3)C2C1=O. The molecule has 0 aliphatic carbocycles. The van der Waals surface area contributed by atoms with Gasteiger partial charge in [-0.15, -0.1) is 11.8 Å². The predicted molar refractivity (Wildman–Crippen MR) is 119 cm³/mol. The highest BCUT2D eigenvalue weighted by Crippen LogP contribution is 2.40. The van der Waals surface area contributed by atoms with Crippen LogP contribution in [0.5, 0.6) is 0 Å². The summed E-state index contributed by atoms with van der Waals surface area (Å²) in [5, 5.41) is 3.46. The number of halogens is 2. The standard InChI is InChI=1S/C22H25ClFN3O3S/c23-15-3-1-14(2-4-15)10-27-11-16(22(29)26-9-13-5-7-30-8-6-13)18(24)21-19(27)20(28)17(25)12-31-21/h1-4,11,13,17,19H,5-10,12,25H2,(H,26,29)/t17-,19?/m0/s1. The van der Waals surface area contributed by atoms with E-state index in [2.05, 4.69) is 5.32 Å². The van der Waals surface area contributed by atoms with Gasteiger partial charge in [-0.05, 0) is 36.5 Å². The summed E-state index contributed by atoms with van der Waals surface area (Å²) in [6, 6.07) is 5.71. The summed E-state index contributed by atoms with van der Waals surface area (Å²) in [4.78, 5) is 27.7. The van der Waals surface area contributed by atoms with Crippen molar-refractivity contribution >= 4 is 35.1 Å². The first kappa shape index (κ1) is 22.3. The van der Waals surface area contributed by atoms with Crippen LogP contribution in [-0.2, 0) is 20.9 Å². The number of Topliss-reactive ketones (excluding diaryl/α,β-unsaturated/α-hetero) is 1. The molecule has 9 heteroatoms. The average Bonchev–Trinajstić information content (AvgIpc) is 2.78. The molecule has 1 amide bonds. The lowest BCUT2D eigenvalue weighted by Crippen LogP contribution is -2.52. The Hall–Kier alpha value is -1.87. The van der Waals surface area contributed by atoms with Crippen molar-refractivity contribution in [2.75, 3.05) is 25.5 Å². The van der Waals surface area contributed by atoms with Crippen LogP contribution in [-0.4, -0.2) is 54.2 Å². The number of ketones is 1. The lowest BCUT2D eigenvalue weighted by molar-refractivity contribution is -0.124. The Kier molecular flexibility index (Phi) is 7.01. The number of nitrogens with two attached hydrogens (primary N) is 1. The lowest BCUT2D eigenvalue weighted by atomic mass is 9.97. The number of rotatable bonds is 5. The zero-order chi connectivity index (χ0) is 22.0. The number of carbonyl (C=O) groups is 2. The number of amides is 1. The van der Waals surface area contributed by atoms with Crippen LogP contribution in [0.1, 0.15) is 18.4 Å². The fourth-order valence-electron chi connectivity index (χ4n) is 3.98. The highest BCUT2D eigenvalue weighted by atomic mass is 35.5. The molecule has 0 spiro atoms.